The fourth-order valence-corrected chi connectivity index (χ4v) is 2.06. The fraction of sp³-hybridized carbons (Fsp3) is 0.143. The van der Waals surface area contributed by atoms with Crippen LogP contribution in [0.5, 0.6) is 11.5 Å². The van der Waals surface area contributed by atoms with Gasteiger partial charge in [-0.15, -0.1) is 11.6 Å². The van der Waals surface area contributed by atoms with Crippen molar-refractivity contribution >= 4 is 23.2 Å². The average molecular weight is 321 g/mol. The van der Waals surface area contributed by atoms with Crippen molar-refractivity contribution in [2.24, 2.45) is 0 Å². The molecule has 0 aliphatic carbocycles. The third-order valence-electron chi connectivity index (χ3n) is 2.60. The molecule has 0 unspecified atom stereocenters. The van der Waals surface area contributed by atoms with Crippen molar-refractivity contribution in [2.75, 3.05) is 0 Å². The summed E-state index contributed by atoms with van der Waals surface area (Å²) in [5.41, 5.74) is -0.803. The molecule has 0 saturated carbocycles. The largest absolute Gasteiger partial charge is 0.456 e. The van der Waals surface area contributed by atoms with Gasteiger partial charge in [-0.3, -0.25) is 0 Å². The van der Waals surface area contributed by atoms with Crippen LogP contribution in [-0.2, 0) is 12.1 Å². The number of halogens is 5. The molecule has 2 aromatic rings. The second-order valence-corrected chi connectivity index (χ2v) is 4.66. The maximum Gasteiger partial charge on any atom is 0.416 e. The summed E-state index contributed by atoms with van der Waals surface area (Å²) in [6.45, 7) is 0. The van der Waals surface area contributed by atoms with Crippen LogP contribution in [-0.4, -0.2) is 0 Å². The molecule has 0 aromatic heterocycles. The van der Waals surface area contributed by atoms with Crippen molar-refractivity contribution in [3.8, 4) is 11.5 Å². The quantitative estimate of drug-likeness (QED) is 0.641. The highest BCUT2D eigenvalue weighted by Gasteiger charge is 2.33. The van der Waals surface area contributed by atoms with E-state index in [1.54, 1.807) is 24.3 Å². The van der Waals surface area contributed by atoms with Gasteiger partial charge in [0.05, 0.1) is 10.6 Å². The summed E-state index contributed by atoms with van der Waals surface area (Å²) >= 11 is 11.4. The van der Waals surface area contributed by atoms with E-state index in [0.717, 1.165) is 6.07 Å². The second kappa shape index (κ2) is 5.94. The summed E-state index contributed by atoms with van der Waals surface area (Å²) in [7, 11) is 0. The Morgan fingerprint density at radius 3 is 2.35 bits per heavy atom. The van der Waals surface area contributed by atoms with Crippen LogP contribution >= 0.6 is 23.2 Å². The zero-order chi connectivity index (χ0) is 14.8. The highest BCUT2D eigenvalue weighted by Crippen LogP contribution is 2.37. The van der Waals surface area contributed by atoms with Gasteiger partial charge in [0, 0.05) is 5.88 Å². The number of benzene rings is 2. The highest BCUT2D eigenvalue weighted by atomic mass is 35.5. The first-order valence-electron chi connectivity index (χ1n) is 5.60. The number of ether oxygens (including phenoxy) is 1. The first-order valence-corrected chi connectivity index (χ1v) is 6.51. The van der Waals surface area contributed by atoms with Crippen molar-refractivity contribution < 1.29 is 17.9 Å². The number of hydrogen-bond acceptors (Lipinski definition) is 1. The number of rotatable bonds is 3. The van der Waals surface area contributed by atoms with E-state index in [1.165, 1.54) is 12.1 Å². The molecule has 0 aliphatic heterocycles. The summed E-state index contributed by atoms with van der Waals surface area (Å²) in [6, 6.07) is 10.2. The minimum absolute atomic E-state index is 0.00525. The van der Waals surface area contributed by atoms with E-state index >= 15 is 0 Å². The Morgan fingerprint density at radius 2 is 1.75 bits per heavy atom. The Labute approximate surface area is 123 Å². The number of alkyl halides is 4. The van der Waals surface area contributed by atoms with Crippen LogP contribution in [0, 0.1) is 0 Å². The van der Waals surface area contributed by atoms with Crippen LogP contribution in [0.25, 0.3) is 0 Å². The van der Waals surface area contributed by atoms with E-state index in [2.05, 4.69) is 0 Å². The predicted molar refractivity (Wildman–Crippen MR) is 72.5 cm³/mol. The Hall–Kier alpha value is -1.39. The summed E-state index contributed by atoms with van der Waals surface area (Å²) in [5.74, 6) is 0.126. The Balaban J connectivity index is 2.37. The molecular formula is C14H9Cl2F3O. The molecule has 106 valence electrons. The maximum absolute atomic E-state index is 12.9. The van der Waals surface area contributed by atoms with Gasteiger partial charge >= 0.3 is 6.18 Å². The van der Waals surface area contributed by atoms with Crippen LogP contribution in [0.1, 0.15) is 11.1 Å². The van der Waals surface area contributed by atoms with Crippen molar-refractivity contribution in [1.82, 2.24) is 0 Å². The van der Waals surface area contributed by atoms with E-state index in [4.69, 9.17) is 27.9 Å². The van der Waals surface area contributed by atoms with E-state index in [9.17, 15) is 13.2 Å². The van der Waals surface area contributed by atoms with Gasteiger partial charge < -0.3 is 4.74 Å². The minimum atomic E-state index is -4.48. The molecule has 0 atom stereocenters. The third kappa shape index (κ3) is 3.38. The minimum Gasteiger partial charge on any atom is -0.456 e. The molecule has 0 aliphatic rings. The smallest absolute Gasteiger partial charge is 0.416 e. The lowest BCUT2D eigenvalue weighted by atomic mass is 10.1. The lowest BCUT2D eigenvalue weighted by Crippen LogP contribution is -2.08. The molecule has 20 heavy (non-hydrogen) atoms. The molecule has 2 rings (SSSR count). The van der Waals surface area contributed by atoms with E-state index in [0.29, 0.717) is 10.8 Å². The lowest BCUT2D eigenvalue weighted by Gasteiger charge is -2.14. The van der Waals surface area contributed by atoms with Crippen molar-refractivity contribution in [3.63, 3.8) is 0 Å². The first kappa shape index (κ1) is 15.0. The standard InChI is InChI=1S/C14H9Cl2F3O/c15-8-9-5-6-10(7-11(9)14(17,18)19)20-13-4-2-1-3-12(13)16/h1-7H,8H2. The van der Waals surface area contributed by atoms with Gasteiger partial charge in [0.15, 0.2) is 0 Å². The van der Waals surface area contributed by atoms with E-state index in [1.807, 2.05) is 0 Å². The van der Waals surface area contributed by atoms with Gasteiger partial charge in [0.2, 0.25) is 0 Å². The average Bonchev–Trinajstić information content (AvgIpc) is 2.40. The fourth-order valence-electron chi connectivity index (χ4n) is 1.65. The summed E-state index contributed by atoms with van der Waals surface area (Å²) in [4.78, 5) is 0. The molecule has 0 fully saturated rings. The first-order chi connectivity index (χ1) is 9.41. The predicted octanol–water partition coefficient (Wildman–Crippen LogP) is 5.89. The summed E-state index contributed by atoms with van der Waals surface area (Å²) in [6.07, 6.45) is -4.48. The van der Waals surface area contributed by atoms with Crippen LogP contribution in [0.15, 0.2) is 42.5 Å². The van der Waals surface area contributed by atoms with Crippen molar-refractivity contribution in [2.45, 2.75) is 12.1 Å². The zero-order valence-corrected chi connectivity index (χ0v) is 11.6. The second-order valence-electron chi connectivity index (χ2n) is 3.98. The van der Waals surface area contributed by atoms with Crippen molar-refractivity contribution in [1.29, 1.82) is 0 Å². The normalized spacial score (nSPS) is 11.4. The topological polar surface area (TPSA) is 9.23 Å². The molecule has 2 aromatic carbocycles. The van der Waals surface area contributed by atoms with Gasteiger partial charge in [0.1, 0.15) is 11.5 Å². The third-order valence-corrected chi connectivity index (χ3v) is 3.20. The van der Waals surface area contributed by atoms with Crippen LogP contribution in [0.2, 0.25) is 5.02 Å². The van der Waals surface area contributed by atoms with Gasteiger partial charge in [-0.25, -0.2) is 0 Å². The van der Waals surface area contributed by atoms with Crippen molar-refractivity contribution in [3.05, 3.63) is 58.6 Å². The molecule has 0 heterocycles. The van der Waals surface area contributed by atoms with Gasteiger partial charge in [-0.2, -0.15) is 13.2 Å². The molecule has 0 bridgehead atoms. The zero-order valence-electron chi connectivity index (χ0n) is 10.0. The molecule has 0 amide bonds. The van der Waals surface area contributed by atoms with Crippen LogP contribution in [0.3, 0.4) is 0 Å². The van der Waals surface area contributed by atoms with Gasteiger partial charge in [-0.1, -0.05) is 29.8 Å². The van der Waals surface area contributed by atoms with Gasteiger partial charge in [-0.05, 0) is 29.8 Å². The van der Waals surface area contributed by atoms with Crippen LogP contribution < -0.4 is 4.74 Å². The molecule has 6 heteroatoms. The number of para-hydroxylation sites is 1. The Kier molecular flexibility index (Phi) is 4.45. The monoisotopic (exact) mass is 320 g/mol. The highest BCUT2D eigenvalue weighted by molar-refractivity contribution is 6.32. The molecule has 0 saturated heterocycles. The molecule has 0 N–H and O–H groups in total. The van der Waals surface area contributed by atoms with Crippen LogP contribution in [0.4, 0.5) is 13.2 Å². The maximum atomic E-state index is 12.9. The Bertz CT molecular complexity index is 612. The summed E-state index contributed by atoms with van der Waals surface area (Å²) in [5, 5.41) is 0.322. The molecule has 1 nitrogen and oxygen atoms in total. The molecule has 0 spiro atoms. The molecular weight excluding hydrogens is 312 g/mol. The van der Waals surface area contributed by atoms with E-state index in [-0.39, 0.29) is 17.2 Å². The van der Waals surface area contributed by atoms with E-state index < -0.39 is 11.7 Å². The Morgan fingerprint density at radius 1 is 1.05 bits per heavy atom. The SMILES string of the molecule is FC(F)(F)c1cc(Oc2ccccc2Cl)ccc1CCl. The summed E-state index contributed by atoms with van der Waals surface area (Å²) < 4.78 is 44.0. The lowest BCUT2D eigenvalue weighted by molar-refractivity contribution is -0.138. The molecule has 0 radical (unpaired) electrons. The van der Waals surface area contributed by atoms with Gasteiger partial charge in [0.25, 0.3) is 0 Å². The number of hydrogen-bond donors (Lipinski definition) is 0.